The molecule has 0 bridgehead atoms. The number of methoxy groups -OCH3 is 1. The summed E-state index contributed by atoms with van der Waals surface area (Å²) < 4.78 is 11.0. The lowest BCUT2D eigenvalue weighted by Crippen LogP contribution is -2.02. The summed E-state index contributed by atoms with van der Waals surface area (Å²) in [7, 11) is 1.55. The normalized spacial score (nSPS) is 9.76. The molecule has 2 rings (SSSR count). The average Bonchev–Trinajstić information content (AvgIpc) is 2.53. The van der Waals surface area contributed by atoms with Gasteiger partial charge in [-0.05, 0) is 31.2 Å². The number of nitrogens with zero attached hydrogens (tertiary/aromatic N) is 2. The summed E-state index contributed by atoms with van der Waals surface area (Å²) in [5.41, 5.74) is 2.37. The van der Waals surface area contributed by atoms with Gasteiger partial charge in [-0.2, -0.15) is 5.26 Å². The summed E-state index contributed by atoms with van der Waals surface area (Å²) in [4.78, 5) is 4.27. The monoisotopic (exact) mass is 283 g/mol. The molecule has 0 aliphatic rings. The summed E-state index contributed by atoms with van der Waals surface area (Å²) >= 11 is 0. The molecule has 0 saturated carbocycles. The van der Waals surface area contributed by atoms with Crippen LogP contribution >= 0.6 is 0 Å². The molecule has 0 aliphatic heterocycles. The van der Waals surface area contributed by atoms with Crippen LogP contribution in [0.4, 0.5) is 5.69 Å². The Morgan fingerprint density at radius 3 is 2.81 bits per heavy atom. The molecule has 5 heteroatoms. The van der Waals surface area contributed by atoms with E-state index < -0.39 is 0 Å². The van der Waals surface area contributed by atoms with Crippen molar-refractivity contribution in [2.75, 3.05) is 19.0 Å². The quantitative estimate of drug-likeness (QED) is 0.882. The Labute approximate surface area is 124 Å². The zero-order valence-corrected chi connectivity index (χ0v) is 12.1. The van der Waals surface area contributed by atoms with Gasteiger partial charge in [0, 0.05) is 24.5 Å². The first-order valence-corrected chi connectivity index (χ1v) is 6.66. The van der Waals surface area contributed by atoms with E-state index in [9.17, 15) is 0 Å². The summed E-state index contributed by atoms with van der Waals surface area (Å²) in [5.74, 6) is 1.13. The van der Waals surface area contributed by atoms with E-state index in [2.05, 4.69) is 16.4 Å². The van der Waals surface area contributed by atoms with Gasteiger partial charge in [0.15, 0.2) is 11.5 Å². The smallest absolute Gasteiger partial charge is 0.162 e. The fraction of sp³-hybridized carbons (Fsp3) is 0.250. The minimum atomic E-state index is 0.335. The number of hydrogen-bond donors (Lipinski definition) is 1. The Morgan fingerprint density at radius 1 is 1.24 bits per heavy atom. The Morgan fingerprint density at radius 2 is 2.10 bits per heavy atom. The summed E-state index contributed by atoms with van der Waals surface area (Å²) in [5, 5.41) is 12.1. The van der Waals surface area contributed by atoms with E-state index in [1.807, 2.05) is 19.1 Å². The highest BCUT2D eigenvalue weighted by Crippen LogP contribution is 2.28. The van der Waals surface area contributed by atoms with Crippen LogP contribution in [0.1, 0.15) is 18.2 Å². The fourth-order valence-electron chi connectivity index (χ4n) is 1.88. The van der Waals surface area contributed by atoms with Crippen molar-refractivity contribution < 1.29 is 9.47 Å². The molecule has 0 saturated heterocycles. The van der Waals surface area contributed by atoms with Crippen molar-refractivity contribution in [1.82, 2.24) is 4.98 Å². The van der Waals surface area contributed by atoms with Crippen LogP contribution in [0.25, 0.3) is 0 Å². The van der Waals surface area contributed by atoms with Crippen LogP contribution in [-0.2, 0) is 6.61 Å². The number of rotatable bonds is 6. The van der Waals surface area contributed by atoms with Gasteiger partial charge >= 0.3 is 0 Å². The maximum absolute atomic E-state index is 8.87. The lowest BCUT2D eigenvalue weighted by Gasteiger charge is -2.11. The van der Waals surface area contributed by atoms with E-state index in [-0.39, 0.29) is 0 Å². The first-order valence-electron chi connectivity index (χ1n) is 6.66. The number of nitriles is 1. The SMILES string of the molecule is CCNc1ccnc(COc2ccc(C#N)cc2OC)c1. The Hall–Kier alpha value is -2.74. The molecule has 1 aromatic heterocycles. The van der Waals surface area contributed by atoms with Crippen molar-refractivity contribution in [3.8, 4) is 17.6 Å². The van der Waals surface area contributed by atoms with Gasteiger partial charge in [-0.25, -0.2) is 0 Å². The second kappa shape index (κ2) is 7.15. The summed E-state index contributed by atoms with van der Waals surface area (Å²) in [6, 6.07) is 11.0. The number of pyridine rings is 1. The Kier molecular flexibility index (Phi) is 4.99. The highest BCUT2D eigenvalue weighted by molar-refractivity contribution is 5.47. The van der Waals surface area contributed by atoms with Crippen molar-refractivity contribution >= 4 is 5.69 Å². The van der Waals surface area contributed by atoms with Crippen molar-refractivity contribution in [3.63, 3.8) is 0 Å². The van der Waals surface area contributed by atoms with E-state index in [1.165, 1.54) is 0 Å². The maximum atomic E-state index is 8.87. The van der Waals surface area contributed by atoms with E-state index in [1.54, 1.807) is 31.5 Å². The lowest BCUT2D eigenvalue weighted by molar-refractivity contribution is 0.280. The minimum Gasteiger partial charge on any atom is -0.493 e. The van der Waals surface area contributed by atoms with Gasteiger partial charge in [0.25, 0.3) is 0 Å². The third-order valence-electron chi connectivity index (χ3n) is 2.87. The molecule has 0 spiro atoms. The lowest BCUT2D eigenvalue weighted by atomic mass is 10.2. The van der Waals surface area contributed by atoms with E-state index in [0.29, 0.717) is 23.7 Å². The van der Waals surface area contributed by atoms with E-state index in [4.69, 9.17) is 14.7 Å². The average molecular weight is 283 g/mol. The summed E-state index contributed by atoms with van der Waals surface area (Å²) in [6.45, 7) is 3.23. The largest absolute Gasteiger partial charge is 0.493 e. The molecule has 0 amide bonds. The molecule has 1 N–H and O–H groups in total. The van der Waals surface area contributed by atoms with Crippen LogP contribution in [-0.4, -0.2) is 18.6 Å². The molecule has 1 aromatic carbocycles. The van der Waals surface area contributed by atoms with Gasteiger partial charge in [-0.15, -0.1) is 0 Å². The van der Waals surface area contributed by atoms with Crippen LogP contribution in [0.5, 0.6) is 11.5 Å². The predicted octanol–water partition coefficient (Wildman–Crippen LogP) is 2.97. The first-order chi connectivity index (χ1) is 10.3. The first kappa shape index (κ1) is 14.7. The molecular formula is C16H17N3O2. The molecule has 0 aliphatic carbocycles. The minimum absolute atomic E-state index is 0.335. The standard InChI is InChI=1S/C16H17N3O2/c1-3-18-13-6-7-19-14(9-13)11-21-15-5-4-12(10-17)8-16(15)20-2/h4-9H,3,11H2,1-2H3,(H,18,19). The van der Waals surface area contributed by atoms with Crippen LogP contribution in [0, 0.1) is 11.3 Å². The van der Waals surface area contributed by atoms with E-state index in [0.717, 1.165) is 17.9 Å². The van der Waals surface area contributed by atoms with Crippen LogP contribution in [0.15, 0.2) is 36.5 Å². The second-order valence-corrected chi connectivity index (χ2v) is 4.33. The van der Waals surface area contributed by atoms with Crippen LogP contribution in [0.2, 0.25) is 0 Å². The topological polar surface area (TPSA) is 67.2 Å². The van der Waals surface area contributed by atoms with Crippen molar-refractivity contribution in [3.05, 3.63) is 47.8 Å². The molecule has 0 fully saturated rings. The highest BCUT2D eigenvalue weighted by atomic mass is 16.5. The molecule has 5 nitrogen and oxygen atoms in total. The second-order valence-electron chi connectivity index (χ2n) is 4.33. The zero-order chi connectivity index (χ0) is 15.1. The molecule has 0 radical (unpaired) electrons. The zero-order valence-electron chi connectivity index (χ0n) is 12.1. The summed E-state index contributed by atoms with van der Waals surface area (Å²) in [6.07, 6.45) is 1.74. The van der Waals surface area contributed by atoms with Crippen LogP contribution < -0.4 is 14.8 Å². The van der Waals surface area contributed by atoms with Crippen molar-refractivity contribution in [1.29, 1.82) is 5.26 Å². The number of ether oxygens (including phenoxy) is 2. The molecule has 2 aromatic rings. The van der Waals surface area contributed by atoms with Gasteiger partial charge in [-0.1, -0.05) is 0 Å². The van der Waals surface area contributed by atoms with Crippen molar-refractivity contribution in [2.24, 2.45) is 0 Å². The maximum Gasteiger partial charge on any atom is 0.162 e. The fourth-order valence-corrected chi connectivity index (χ4v) is 1.88. The van der Waals surface area contributed by atoms with Gasteiger partial charge in [0.1, 0.15) is 6.61 Å². The predicted molar refractivity (Wildman–Crippen MR) is 80.4 cm³/mol. The molecule has 21 heavy (non-hydrogen) atoms. The number of aromatic nitrogens is 1. The Bertz CT molecular complexity index is 650. The third kappa shape index (κ3) is 3.86. The third-order valence-corrected chi connectivity index (χ3v) is 2.87. The Balaban J connectivity index is 2.09. The van der Waals surface area contributed by atoms with Gasteiger partial charge in [0.2, 0.25) is 0 Å². The number of anilines is 1. The molecular weight excluding hydrogens is 266 g/mol. The highest BCUT2D eigenvalue weighted by Gasteiger charge is 2.06. The molecule has 108 valence electrons. The number of benzene rings is 1. The number of hydrogen-bond acceptors (Lipinski definition) is 5. The van der Waals surface area contributed by atoms with Gasteiger partial charge < -0.3 is 14.8 Å². The molecule has 0 unspecified atom stereocenters. The van der Waals surface area contributed by atoms with Crippen LogP contribution in [0.3, 0.4) is 0 Å². The molecule has 0 atom stereocenters. The van der Waals surface area contributed by atoms with Gasteiger partial charge in [-0.3, -0.25) is 4.98 Å². The number of nitrogens with one attached hydrogen (secondary N) is 1. The van der Waals surface area contributed by atoms with Gasteiger partial charge in [0.05, 0.1) is 24.4 Å². The molecule has 1 heterocycles. The van der Waals surface area contributed by atoms with E-state index >= 15 is 0 Å². The van der Waals surface area contributed by atoms with Crippen molar-refractivity contribution in [2.45, 2.75) is 13.5 Å².